The molecule has 2 aromatic carbocycles. The maximum atomic E-state index is 12.0. The lowest BCUT2D eigenvalue weighted by atomic mass is 9.97. The van der Waals surface area contributed by atoms with Gasteiger partial charge in [-0.15, -0.1) is 0 Å². The standard InChI is InChI=1S/C20H23NO2/c1-4-23-20(22)17-10-11-19-18(12-17)14(2)15(3)21(19)13-16-8-6-5-7-9-16/h5-12,14-15H,4,13H2,1-3H3. The van der Waals surface area contributed by atoms with Gasteiger partial charge in [0.1, 0.15) is 0 Å². The Balaban J connectivity index is 1.91. The number of nitrogens with zero attached hydrogens (tertiary/aromatic N) is 1. The highest BCUT2D eigenvalue weighted by molar-refractivity contribution is 5.90. The van der Waals surface area contributed by atoms with Crippen LogP contribution in [0.25, 0.3) is 0 Å². The minimum absolute atomic E-state index is 0.239. The summed E-state index contributed by atoms with van der Waals surface area (Å²) < 4.78 is 5.12. The van der Waals surface area contributed by atoms with Crippen molar-refractivity contribution in [2.24, 2.45) is 0 Å². The number of carbonyl (C=O) groups is 1. The van der Waals surface area contributed by atoms with Crippen LogP contribution in [0.1, 0.15) is 48.2 Å². The molecule has 2 atom stereocenters. The molecule has 0 N–H and O–H groups in total. The Bertz CT molecular complexity index is 696. The van der Waals surface area contributed by atoms with Gasteiger partial charge in [-0.3, -0.25) is 0 Å². The molecule has 2 aromatic rings. The second kappa shape index (κ2) is 6.45. The molecule has 1 aliphatic rings. The zero-order chi connectivity index (χ0) is 16.4. The highest BCUT2D eigenvalue weighted by Gasteiger charge is 2.33. The number of hydrogen-bond acceptors (Lipinski definition) is 3. The molecule has 3 nitrogen and oxygen atoms in total. The van der Waals surface area contributed by atoms with Crippen LogP contribution < -0.4 is 4.90 Å². The summed E-state index contributed by atoms with van der Waals surface area (Å²) in [4.78, 5) is 14.4. The molecule has 120 valence electrons. The van der Waals surface area contributed by atoms with Gasteiger partial charge in [0, 0.05) is 24.2 Å². The zero-order valence-corrected chi connectivity index (χ0v) is 14.0. The Hall–Kier alpha value is -2.29. The lowest BCUT2D eigenvalue weighted by Crippen LogP contribution is -2.30. The van der Waals surface area contributed by atoms with Gasteiger partial charge < -0.3 is 9.64 Å². The van der Waals surface area contributed by atoms with Crippen LogP contribution in [0.2, 0.25) is 0 Å². The smallest absolute Gasteiger partial charge is 0.338 e. The van der Waals surface area contributed by atoms with Crippen LogP contribution in [0, 0.1) is 0 Å². The molecule has 0 aliphatic carbocycles. The lowest BCUT2D eigenvalue weighted by Gasteiger charge is -2.26. The van der Waals surface area contributed by atoms with Crippen molar-refractivity contribution in [2.45, 2.75) is 39.3 Å². The highest BCUT2D eigenvalue weighted by atomic mass is 16.5. The molecule has 0 radical (unpaired) electrons. The van der Waals surface area contributed by atoms with E-state index >= 15 is 0 Å². The van der Waals surface area contributed by atoms with Crippen molar-refractivity contribution in [3.8, 4) is 0 Å². The predicted molar refractivity (Wildman–Crippen MR) is 92.9 cm³/mol. The third kappa shape index (κ3) is 2.96. The highest BCUT2D eigenvalue weighted by Crippen LogP contribution is 2.41. The van der Waals surface area contributed by atoms with Crippen molar-refractivity contribution in [1.82, 2.24) is 0 Å². The van der Waals surface area contributed by atoms with Crippen LogP contribution in [-0.2, 0) is 11.3 Å². The van der Waals surface area contributed by atoms with Crippen molar-refractivity contribution in [2.75, 3.05) is 11.5 Å². The fraction of sp³-hybridized carbons (Fsp3) is 0.350. The molecular formula is C20H23NO2. The van der Waals surface area contributed by atoms with Crippen LogP contribution in [0.5, 0.6) is 0 Å². The summed E-state index contributed by atoms with van der Waals surface area (Å²) in [6.07, 6.45) is 0. The minimum atomic E-state index is -0.239. The molecular weight excluding hydrogens is 286 g/mol. The Labute approximate surface area is 137 Å². The Morgan fingerprint density at radius 1 is 1.13 bits per heavy atom. The topological polar surface area (TPSA) is 29.5 Å². The summed E-state index contributed by atoms with van der Waals surface area (Å²) in [6, 6.07) is 16.8. The fourth-order valence-corrected chi connectivity index (χ4v) is 3.28. The number of ether oxygens (including phenoxy) is 1. The van der Waals surface area contributed by atoms with Gasteiger partial charge in [-0.25, -0.2) is 4.79 Å². The largest absolute Gasteiger partial charge is 0.462 e. The van der Waals surface area contributed by atoms with Gasteiger partial charge in [0.25, 0.3) is 0 Å². The molecule has 0 amide bonds. The Morgan fingerprint density at radius 2 is 1.87 bits per heavy atom. The predicted octanol–water partition coefficient (Wildman–Crippen LogP) is 4.38. The number of benzene rings is 2. The first-order valence-electron chi connectivity index (χ1n) is 8.23. The van der Waals surface area contributed by atoms with Gasteiger partial charge in [-0.05, 0) is 43.2 Å². The van der Waals surface area contributed by atoms with Crippen molar-refractivity contribution in [3.05, 3.63) is 65.2 Å². The van der Waals surface area contributed by atoms with Gasteiger partial charge in [-0.2, -0.15) is 0 Å². The van der Waals surface area contributed by atoms with Gasteiger partial charge in [-0.1, -0.05) is 37.3 Å². The first kappa shape index (κ1) is 15.6. The van der Waals surface area contributed by atoms with E-state index in [1.807, 2.05) is 25.1 Å². The summed E-state index contributed by atoms with van der Waals surface area (Å²) in [5.74, 6) is 0.153. The molecule has 0 saturated heterocycles. The second-order valence-electron chi connectivity index (χ2n) is 6.14. The van der Waals surface area contributed by atoms with E-state index in [1.54, 1.807) is 0 Å². The van der Waals surface area contributed by atoms with Crippen molar-refractivity contribution in [3.63, 3.8) is 0 Å². The van der Waals surface area contributed by atoms with Crippen LogP contribution in [0.3, 0.4) is 0 Å². The number of anilines is 1. The molecule has 1 aliphatic heterocycles. The van der Waals surface area contributed by atoms with E-state index in [4.69, 9.17) is 4.74 Å². The van der Waals surface area contributed by atoms with E-state index in [2.05, 4.69) is 49.1 Å². The van der Waals surface area contributed by atoms with E-state index in [9.17, 15) is 4.79 Å². The van der Waals surface area contributed by atoms with Crippen molar-refractivity contribution in [1.29, 1.82) is 0 Å². The average Bonchev–Trinajstić information content (AvgIpc) is 2.81. The summed E-state index contributed by atoms with van der Waals surface area (Å²) >= 11 is 0. The molecule has 0 saturated carbocycles. The average molecular weight is 309 g/mol. The minimum Gasteiger partial charge on any atom is -0.462 e. The lowest BCUT2D eigenvalue weighted by molar-refractivity contribution is 0.0526. The molecule has 1 heterocycles. The number of fused-ring (bicyclic) bond motifs is 1. The molecule has 0 fully saturated rings. The zero-order valence-electron chi connectivity index (χ0n) is 14.0. The Morgan fingerprint density at radius 3 is 2.57 bits per heavy atom. The summed E-state index contributed by atoms with van der Waals surface area (Å²) in [7, 11) is 0. The van der Waals surface area contributed by atoms with Crippen molar-refractivity contribution >= 4 is 11.7 Å². The Kier molecular flexibility index (Phi) is 4.37. The second-order valence-corrected chi connectivity index (χ2v) is 6.14. The maximum absolute atomic E-state index is 12.0. The molecule has 0 bridgehead atoms. The van der Waals surface area contributed by atoms with E-state index in [1.165, 1.54) is 16.8 Å². The maximum Gasteiger partial charge on any atom is 0.338 e. The molecule has 23 heavy (non-hydrogen) atoms. The van der Waals surface area contributed by atoms with E-state index in [0.717, 1.165) is 6.54 Å². The number of carbonyl (C=O) groups excluding carboxylic acids is 1. The first-order valence-corrected chi connectivity index (χ1v) is 8.23. The van der Waals surface area contributed by atoms with Crippen LogP contribution in [0.15, 0.2) is 48.5 Å². The summed E-state index contributed by atoms with van der Waals surface area (Å²) in [5.41, 5.74) is 4.40. The van der Waals surface area contributed by atoms with Crippen LogP contribution >= 0.6 is 0 Å². The van der Waals surface area contributed by atoms with Crippen LogP contribution in [-0.4, -0.2) is 18.6 Å². The SMILES string of the molecule is CCOC(=O)c1ccc2c(c1)C(C)C(C)N2Cc1ccccc1. The van der Waals surface area contributed by atoms with Gasteiger partial charge in [0.15, 0.2) is 0 Å². The molecule has 3 heteroatoms. The molecule has 0 aromatic heterocycles. The summed E-state index contributed by atoms with van der Waals surface area (Å²) in [6.45, 7) is 7.60. The third-order valence-corrected chi connectivity index (χ3v) is 4.75. The van der Waals surface area contributed by atoms with Gasteiger partial charge in [0.05, 0.1) is 12.2 Å². The normalized spacial score (nSPS) is 19.5. The van der Waals surface area contributed by atoms with Crippen molar-refractivity contribution < 1.29 is 9.53 Å². The van der Waals surface area contributed by atoms with E-state index < -0.39 is 0 Å². The number of esters is 1. The summed E-state index contributed by atoms with van der Waals surface area (Å²) in [5, 5.41) is 0. The van der Waals surface area contributed by atoms with Crippen LogP contribution in [0.4, 0.5) is 5.69 Å². The first-order chi connectivity index (χ1) is 11.1. The van der Waals surface area contributed by atoms with Gasteiger partial charge >= 0.3 is 5.97 Å². The molecule has 0 spiro atoms. The van der Waals surface area contributed by atoms with Gasteiger partial charge in [0.2, 0.25) is 0 Å². The molecule has 3 rings (SSSR count). The third-order valence-electron chi connectivity index (χ3n) is 4.75. The van der Waals surface area contributed by atoms with E-state index in [-0.39, 0.29) is 5.97 Å². The number of rotatable bonds is 4. The fourth-order valence-electron chi connectivity index (χ4n) is 3.28. The molecule has 2 unspecified atom stereocenters. The number of hydrogen-bond donors (Lipinski definition) is 0. The quantitative estimate of drug-likeness (QED) is 0.785. The monoisotopic (exact) mass is 309 g/mol. The van der Waals surface area contributed by atoms with E-state index in [0.29, 0.717) is 24.1 Å².